The first-order valence-electron chi connectivity index (χ1n) is 9.41. The molecule has 2 aliphatic rings. The van der Waals surface area contributed by atoms with Crippen molar-refractivity contribution in [2.24, 2.45) is 5.92 Å². The van der Waals surface area contributed by atoms with Gasteiger partial charge in [0.15, 0.2) is 5.78 Å². The fourth-order valence-electron chi connectivity index (χ4n) is 4.23. The first kappa shape index (κ1) is 18.6. The SMILES string of the molecule is CCOC(=O)[C@H]1C(=O)C2=C(C[C@@H]1c1ccccc1)NC(=O)C[C@H]2c1ccsc1. The highest BCUT2D eigenvalue weighted by atomic mass is 32.1. The summed E-state index contributed by atoms with van der Waals surface area (Å²) in [6, 6.07) is 11.4. The molecule has 4 rings (SSSR count). The van der Waals surface area contributed by atoms with E-state index in [4.69, 9.17) is 4.74 Å². The van der Waals surface area contributed by atoms with Crippen molar-refractivity contribution in [2.75, 3.05) is 6.61 Å². The quantitative estimate of drug-likeness (QED) is 0.635. The number of benzene rings is 1. The van der Waals surface area contributed by atoms with Crippen LogP contribution in [0.5, 0.6) is 0 Å². The van der Waals surface area contributed by atoms with Crippen molar-refractivity contribution < 1.29 is 19.1 Å². The van der Waals surface area contributed by atoms with Gasteiger partial charge in [-0.2, -0.15) is 11.3 Å². The summed E-state index contributed by atoms with van der Waals surface area (Å²) < 4.78 is 5.26. The summed E-state index contributed by atoms with van der Waals surface area (Å²) in [7, 11) is 0. The van der Waals surface area contributed by atoms with Gasteiger partial charge in [0.25, 0.3) is 0 Å². The maximum absolute atomic E-state index is 13.6. The molecule has 3 atom stereocenters. The number of Topliss-reactive ketones (excluding diaryl/α,β-unsaturated/α-hetero) is 1. The van der Waals surface area contributed by atoms with E-state index in [1.54, 1.807) is 6.92 Å². The Balaban J connectivity index is 1.81. The van der Waals surface area contributed by atoms with Crippen LogP contribution in [0.15, 0.2) is 58.4 Å². The van der Waals surface area contributed by atoms with Crippen molar-refractivity contribution in [2.45, 2.75) is 31.6 Å². The van der Waals surface area contributed by atoms with Crippen LogP contribution in [-0.2, 0) is 19.1 Å². The van der Waals surface area contributed by atoms with Crippen LogP contribution >= 0.6 is 11.3 Å². The van der Waals surface area contributed by atoms with E-state index in [1.165, 1.54) is 11.3 Å². The zero-order valence-corrected chi connectivity index (χ0v) is 16.3. The number of carbonyl (C=O) groups is 3. The van der Waals surface area contributed by atoms with E-state index in [1.807, 2.05) is 47.2 Å². The Morgan fingerprint density at radius 3 is 2.61 bits per heavy atom. The molecule has 28 heavy (non-hydrogen) atoms. The number of hydrogen-bond donors (Lipinski definition) is 1. The van der Waals surface area contributed by atoms with Crippen LogP contribution in [0.3, 0.4) is 0 Å². The molecule has 6 heteroatoms. The third-order valence-electron chi connectivity index (χ3n) is 5.44. The summed E-state index contributed by atoms with van der Waals surface area (Å²) in [4.78, 5) is 38.7. The molecular weight excluding hydrogens is 374 g/mol. The van der Waals surface area contributed by atoms with Gasteiger partial charge in [0.05, 0.1) is 6.61 Å². The van der Waals surface area contributed by atoms with Crippen LogP contribution in [0.4, 0.5) is 0 Å². The van der Waals surface area contributed by atoms with Crippen LogP contribution in [-0.4, -0.2) is 24.3 Å². The van der Waals surface area contributed by atoms with E-state index >= 15 is 0 Å². The van der Waals surface area contributed by atoms with E-state index in [0.29, 0.717) is 17.7 Å². The number of esters is 1. The van der Waals surface area contributed by atoms with Gasteiger partial charge >= 0.3 is 5.97 Å². The fraction of sp³-hybridized carbons (Fsp3) is 0.318. The minimum absolute atomic E-state index is 0.0934. The average Bonchev–Trinajstić information content (AvgIpc) is 3.22. The maximum atomic E-state index is 13.6. The lowest BCUT2D eigenvalue weighted by Crippen LogP contribution is -2.44. The minimum atomic E-state index is -0.891. The summed E-state index contributed by atoms with van der Waals surface area (Å²) in [5.74, 6) is -2.37. The normalized spacial score (nSPS) is 24.5. The molecule has 0 saturated heterocycles. The molecule has 1 aliphatic carbocycles. The van der Waals surface area contributed by atoms with Crippen LogP contribution in [0.1, 0.15) is 42.7 Å². The number of rotatable bonds is 4. The van der Waals surface area contributed by atoms with E-state index < -0.39 is 11.9 Å². The van der Waals surface area contributed by atoms with Gasteiger partial charge in [-0.25, -0.2) is 0 Å². The van der Waals surface area contributed by atoms with Crippen LogP contribution < -0.4 is 5.32 Å². The van der Waals surface area contributed by atoms with Gasteiger partial charge in [0.1, 0.15) is 5.92 Å². The summed E-state index contributed by atoms with van der Waals surface area (Å²) in [6.45, 7) is 1.96. The molecule has 1 aromatic carbocycles. The van der Waals surface area contributed by atoms with Crippen molar-refractivity contribution in [1.29, 1.82) is 0 Å². The number of nitrogens with one attached hydrogen (secondary N) is 1. The molecular formula is C22H21NO4S. The van der Waals surface area contributed by atoms with Crippen LogP contribution in [0.25, 0.3) is 0 Å². The first-order valence-corrected chi connectivity index (χ1v) is 10.3. The minimum Gasteiger partial charge on any atom is -0.465 e. The Hall–Kier alpha value is -2.73. The zero-order valence-electron chi connectivity index (χ0n) is 15.5. The number of amides is 1. The van der Waals surface area contributed by atoms with Gasteiger partial charge in [0.2, 0.25) is 5.91 Å². The van der Waals surface area contributed by atoms with E-state index in [2.05, 4.69) is 5.32 Å². The number of ketones is 1. The van der Waals surface area contributed by atoms with E-state index in [-0.39, 0.29) is 36.6 Å². The summed E-state index contributed by atoms with van der Waals surface area (Å²) in [5.41, 5.74) is 3.05. The molecule has 2 heterocycles. The summed E-state index contributed by atoms with van der Waals surface area (Å²) >= 11 is 1.53. The molecule has 1 N–H and O–H groups in total. The van der Waals surface area contributed by atoms with Crippen molar-refractivity contribution in [1.82, 2.24) is 5.32 Å². The number of ether oxygens (including phenoxy) is 1. The van der Waals surface area contributed by atoms with Gasteiger partial charge in [-0.3, -0.25) is 14.4 Å². The zero-order chi connectivity index (χ0) is 19.7. The molecule has 144 valence electrons. The molecule has 0 fully saturated rings. The second-order valence-electron chi connectivity index (χ2n) is 7.07. The predicted octanol–water partition coefficient (Wildman–Crippen LogP) is 3.54. The molecule has 5 nitrogen and oxygen atoms in total. The highest BCUT2D eigenvalue weighted by Crippen LogP contribution is 2.45. The van der Waals surface area contributed by atoms with Crippen molar-refractivity contribution in [3.8, 4) is 0 Å². The highest BCUT2D eigenvalue weighted by molar-refractivity contribution is 7.08. The van der Waals surface area contributed by atoms with Gasteiger partial charge in [-0.15, -0.1) is 0 Å². The Labute approximate surface area is 167 Å². The Morgan fingerprint density at radius 2 is 1.93 bits per heavy atom. The second kappa shape index (κ2) is 7.72. The van der Waals surface area contributed by atoms with E-state index in [9.17, 15) is 14.4 Å². The number of allylic oxidation sites excluding steroid dienone is 2. The molecule has 0 spiro atoms. The van der Waals surface area contributed by atoms with Gasteiger partial charge in [-0.05, 0) is 41.3 Å². The molecule has 1 amide bonds. The molecule has 2 aromatic rings. The molecule has 0 saturated carbocycles. The van der Waals surface area contributed by atoms with Gasteiger partial charge in [-0.1, -0.05) is 30.3 Å². The third-order valence-corrected chi connectivity index (χ3v) is 6.14. The monoisotopic (exact) mass is 395 g/mol. The number of carbonyl (C=O) groups excluding carboxylic acids is 3. The molecule has 1 aromatic heterocycles. The summed E-state index contributed by atoms with van der Waals surface area (Å²) in [5, 5.41) is 6.80. The standard InChI is InChI=1S/C22H21NO4S/c1-2-27-22(26)20-15(13-6-4-3-5-7-13)10-17-19(21(20)25)16(11-18(24)23-17)14-8-9-28-12-14/h3-9,12,15-16,20H,2,10-11H2,1H3,(H,23,24)/t15-,16+,20-/m1/s1. The van der Waals surface area contributed by atoms with Crippen molar-refractivity contribution >= 4 is 29.0 Å². The average molecular weight is 395 g/mol. The lowest BCUT2D eigenvalue weighted by Gasteiger charge is -2.37. The maximum Gasteiger partial charge on any atom is 0.317 e. The largest absolute Gasteiger partial charge is 0.465 e. The predicted molar refractivity (Wildman–Crippen MR) is 106 cm³/mol. The van der Waals surface area contributed by atoms with Gasteiger partial charge in [0, 0.05) is 29.5 Å². The molecule has 0 radical (unpaired) electrons. The van der Waals surface area contributed by atoms with Crippen LogP contribution in [0.2, 0.25) is 0 Å². The van der Waals surface area contributed by atoms with Crippen LogP contribution in [0, 0.1) is 5.92 Å². The lowest BCUT2D eigenvalue weighted by molar-refractivity contribution is -0.152. The van der Waals surface area contributed by atoms with Crippen molar-refractivity contribution in [3.05, 3.63) is 69.6 Å². The fourth-order valence-corrected chi connectivity index (χ4v) is 4.94. The Bertz CT molecular complexity index is 933. The Morgan fingerprint density at radius 1 is 1.14 bits per heavy atom. The number of thiophene rings is 1. The van der Waals surface area contributed by atoms with E-state index in [0.717, 1.165) is 11.1 Å². The molecule has 0 bridgehead atoms. The van der Waals surface area contributed by atoms with Crippen molar-refractivity contribution in [3.63, 3.8) is 0 Å². The Kier molecular flexibility index (Phi) is 5.13. The third kappa shape index (κ3) is 3.29. The molecule has 0 unspecified atom stereocenters. The first-order chi connectivity index (χ1) is 13.6. The second-order valence-corrected chi connectivity index (χ2v) is 7.85. The van der Waals surface area contributed by atoms with Gasteiger partial charge < -0.3 is 10.1 Å². The number of hydrogen-bond acceptors (Lipinski definition) is 5. The summed E-state index contributed by atoms with van der Waals surface area (Å²) in [6.07, 6.45) is 0.647. The smallest absolute Gasteiger partial charge is 0.317 e. The topological polar surface area (TPSA) is 72.5 Å². The lowest BCUT2D eigenvalue weighted by atomic mass is 9.68. The molecule has 1 aliphatic heterocycles. The highest BCUT2D eigenvalue weighted by Gasteiger charge is 2.47.